The zero-order chi connectivity index (χ0) is 25.8. The number of aliphatic carboxylic acids is 1. The third kappa shape index (κ3) is 5.79. The van der Waals surface area contributed by atoms with Gasteiger partial charge >= 0.3 is 11.7 Å². The van der Waals surface area contributed by atoms with Crippen molar-refractivity contribution < 1.29 is 19.7 Å². The Kier molecular flexibility index (Phi) is 9.27. The van der Waals surface area contributed by atoms with Crippen LogP contribution in [-0.2, 0) is 23.3 Å². The predicted octanol–water partition coefficient (Wildman–Crippen LogP) is 4.14. The molecule has 0 saturated heterocycles. The molecule has 0 bridgehead atoms. The molecule has 8 nitrogen and oxygen atoms in total. The average molecular weight is 555 g/mol. The summed E-state index contributed by atoms with van der Waals surface area (Å²) in [5.74, 6) is -0.506. The molecule has 2 heterocycles. The highest BCUT2D eigenvalue weighted by Gasteiger charge is 2.35. The first-order valence-corrected chi connectivity index (χ1v) is 12.5. The number of halogens is 1. The summed E-state index contributed by atoms with van der Waals surface area (Å²) < 4.78 is 8.75. The summed E-state index contributed by atoms with van der Waals surface area (Å²) in [6.45, 7) is 10.6. The third-order valence-electron chi connectivity index (χ3n) is 5.11. The molecule has 0 spiro atoms. The lowest BCUT2D eigenvalue weighted by Crippen LogP contribution is -2.52. The van der Waals surface area contributed by atoms with Crippen molar-refractivity contribution in [2.24, 2.45) is 0 Å². The lowest BCUT2D eigenvalue weighted by molar-refractivity contribution is -0.146. The quantitative estimate of drug-likeness (QED) is 0.454. The number of para-hydroxylation sites is 1. The molecular weight excluding hydrogens is 524 g/mol. The molecule has 10 heteroatoms. The number of rotatable bonds is 7. The van der Waals surface area contributed by atoms with Crippen molar-refractivity contribution in [2.75, 3.05) is 6.61 Å². The molecule has 0 amide bonds. The third-order valence-corrected chi connectivity index (χ3v) is 7.30. The number of aryl methyl sites for hydroxylation is 3. The van der Waals surface area contributed by atoms with Gasteiger partial charge in [-0.2, -0.15) is 0 Å². The van der Waals surface area contributed by atoms with Gasteiger partial charge < -0.3 is 14.9 Å². The van der Waals surface area contributed by atoms with Crippen LogP contribution in [-0.4, -0.2) is 38.0 Å². The largest absolute Gasteiger partial charge is 0.494 e. The summed E-state index contributed by atoms with van der Waals surface area (Å²) in [4.78, 5) is 38.8. The van der Waals surface area contributed by atoms with Crippen molar-refractivity contribution >= 4 is 43.5 Å². The van der Waals surface area contributed by atoms with Crippen LogP contribution in [0.15, 0.2) is 37.6 Å². The Morgan fingerprint density at radius 1 is 1.24 bits per heavy atom. The number of hydrogen-bond donors (Lipinski definition) is 2. The van der Waals surface area contributed by atoms with Crippen LogP contribution in [0, 0.1) is 6.92 Å². The van der Waals surface area contributed by atoms with Crippen LogP contribution in [0.5, 0.6) is 5.75 Å². The maximum Gasteiger partial charge on any atom is 0.333 e. The number of hydrogen-bond acceptors (Lipinski definition) is 6. The summed E-state index contributed by atoms with van der Waals surface area (Å²) in [5, 5.41) is 18.1. The second-order valence-electron chi connectivity index (χ2n) is 8.50. The number of ether oxygens (including phenoxy) is 1. The Balaban J connectivity index is 0.000000945. The SMILES string of the molecule is CC(C)O.CCOc1ccccc1CCn1c(=O)n(C(C)(C)C(=O)O)c(=O)c2c(C)c(Br)sc21. The number of carboxylic acids is 1. The van der Waals surface area contributed by atoms with Gasteiger partial charge in [0.05, 0.1) is 15.8 Å². The summed E-state index contributed by atoms with van der Waals surface area (Å²) in [5.41, 5.74) is -1.29. The van der Waals surface area contributed by atoms with E-state index in [9.17, 15) is 19.5 Å². The molecule has 0 saturated carbocycles. The number of fused-ring (bicyclic) bond motifs is 1. The molecule has 2 aromatic heterocycles. The molecule has 0 aliphatic heterocycles. The van der Waals surface area contributed by atoms with Crippen LogP contribution in [0.25, 0.3) is 10.2 Å². The van der Waals surface area contributed by atoms with Gasteiger partial charge in [-0.1, -0.05) is 18.2 Å². The minimum atomic E-state index is -1.69. The number of carboxylic acid groups (broad SMARTS) is 1. The average Bonchev–Trinajstić information content (AvgIpc) is 3.03. The lowest BCUT2D eigenvalue weighted by Gasteiger charge is -2.23. The highest BCUT2D eigenvalue weighted by molar-refractivity contribution is 9.11. The van der Waals surface area contributed by atoms with Crippen LogP contribution in [0.3, 0.4) is 0 Å². The van der Waals surface area contributed by atoms with E-state index >= 15 is 0 Å². The Morgan fingerprint density at radius 2 is 1.82 bits per heavy atom. The highest BCUT2D eigenvalue weighted by atomic mass is 79.9. The number of thiophene rings is 1. The first-order chi connectivity index (χ1) is 15.8. The summed E-state index contributed by atoms with van der Waals surface area (Å²) >= 11 is 4.75. The number of aromatic nitrogens is 2. The van der Waals surface area contributed by atoms with E-state index in [0.29, 0.717) is 28.8 Å². The van der Waals surface area contributed by atoms with E-state index < -0.39 is 22.8 Å². The van der Waals surface area contributed by atoms with Gasteiger partial charge in [0.25, 0.3) is 5.56 Å². The van der Waals surface area contributed by atoms with Gasteiger partial charge in [-0.25, -0.2) is 14.2 Å². The number of aliphatic hydroxyl groups excluding tert-OH is 1. The first kappa shape index (κ1) is 27.8. The molecule has 3 rings (SSSR count). The van der Waals surface area contributed by atoms with E-state index in [4.69, 9.17) is 9.84 Å². The van der Waals surface area contributed by atoms with E-state index in [0.717, 1.165) is 19.7 Å². The van der Waals surface area contributed by atoms with Crippen molar-refractivity contribution in [1.29, 1.82) is 0 Å². The van der Waals surface area contributed by atoms with Crippen molar-refractivity contribution in [3.05, 3.63) is 60.0 Å². The molecular formula is C24H31BrN2O6S. The Bertz CT molecular complexity index is 1290. The predicted molar refractivity (Wildman–Crippen MR) is 138 cm³/mol. The molecule has 0 aliphatic rings. The summed E-state index contributed by atoms with van der Waals surface area (Å²) in [6, 6.07) is 7.59. The summed E-state index contributed by atoms with van der Waals surface area (Å²) in [6.07, 6.45) is 0.325. The minimum Gasteiger partial charge on any atom is -0.494 e. The van der Waals surface area contributed by atoms with E-state index in [2.05, 4.69) is 15.9 Å². The van der Waals surface area contributed by atoms with Crippen molar-refractivity contribution in [1.82, 2.24) is 9.13 Å². The second kappa shape index (κ2) is 11.3. The standard InChI is InChI=1S/C21H23BrN2O5S.C3H8O/c1-5-29-14-9-7-6-8-13(14)10-11-23-18-15(12(2)16(22)30-18)17(25)24(20(23)28)21(3,4)19(26)27;1-3(2)4/h6-9H,5,10-11H2,1-4H3,(H,26,27);3-4H,1-2H3. The molecule has 186 valence electrons. The summed E-state index contributed by atoms with van der Waals surface area (Å²) in [7, 11) is 0. The Morgan fingerprint density at radius 3 is 2.38 bits per heavy atom. The van der Waals surface area contributed by atoms with Gasteiger partial charge in [-0.15, -0.1) is 11.3 Å². The Labute approximate surface area is 210 Å². The molecule has 1 aromatic carbocycles. The topological polar surface area (TPSA) is 111 Å². The van der Waals surface area contributed by atoms with Crippen molar-refractivity contribution in [3.8, 4) is 5.75 Å². The van der Waals surface area contributed by atoms with Crippen molar-refractivity contribution in [2.45, 2.75) is 66.2 Å². The fraction of sp³-hybridized carbons (Fsp3) is 0.458. The van der Waals surface area contributed by atoms with E-state index in [1.54, 1.807) is 20.8 Å². The normalized spacial score (nSPS) is 11.4. The van der Waals surface area contributed by atoms with Gasteiger partial charge in [0.1, 0.15) is 16.1 Å². The fourth-order valence-electron chi connectivity index (χ4n) is 3.34. The molecule has 0 fully saturated rings. The van der Waals surface area contributed by atoms with Crippen LogP contribution in [0.4, 0.5) is 0 Å². The van der Waals surface area contributed by atoms with Gasteiger partial charge in [-0.05, 0) is 81.1 Å². The van der Waals surface area contributed by atoms with E-state index in [1.807, 2.05) is 31.2 Å². The van der Waals surface area contributed by atoms with Crippen LogP contribution < -0.4 is 16.0 Å². The van der Waals surface area contributed by atoms with Gasteiger partial charge in [0.15, 0.2) is 0 Å². The second-order valence-corrected chi connectivity index (χ2v) is 10.8. The molecule has 0 atom stereocenters. The molecule has 2 N–H and O–H groups in total. The van der Waals surface area contributed by atoms with Gasteiger partial charge in [0, 0.05) is 12.6 Å². The van der Waals surface area contributed by atoms with Gasteiger partial charge in [-0.3, -0.25) is 9.36 Å². The Hall–Kier alpha value is -2.43. The fourth-order valence-corrected chi connectivity index (χ4v) is 5.05. The molecule has 3 aromatic rings. The lowest BCUT2D eigenvalue weighted by atomic mass is 10.1. The molecule has 0 unspecified atom stereocenters. The maximum atomic E-state index is 13.3. The van der Waals surface area contributed by atoms with Crippen LogP contribution >= 0.6 is 27.3 Å². The van der Waals surface area contributed by atoms with Crippen LogP contribution in [0.1, 0.15) is 45.7 Å². The number of nitrogens with zero attached hydrogens (tertiary/aromatic N) is 2. The smallest absolute Gasteiger partial charge is 0.333 e. The van der Waals surface area contributed by atoms with Crippen LogP contribution in [0.2, 0.25) is 0 Å². The number of carbonyl (C=O) groups is 1. The number of aliphatic hydroxyl groups is 1. The molecule has 0 radical (unpaired) electrons. The zero-order valence-corrected chi connectivity index (χ0v) is 22.6. The first-order valence-electron chi connectivity index (χ1n) is 10.9. The maximum absolute atomic E-state index is 13.3. The van der Waals surface area contributed by atoms with Gasteiger partial charge in [0.2, 0.25) is 0 Å². The number of benzene rings is 1. The molecule has 34 heavy (non-hydrogen) atoms. The minimum absolute atomic E-state index is 0.167. The molecule has 0 aliphatic carbocycles. The monoisotopic (exact) mass is 554 g/mol. The zero-order valence-electron chi connectivity index (χ0n) is 20.2. The van der Waals surface area contributed by atoms with Crippen molar-refractivity contribution in [3.63, 3.8) is 0 Å². The highest BCUT2D eigenvalue weighted by Crippen LogP contribution is 2.33. The van der Waals surface area contributed by atoms with E-state index in [1.165, 1.54) is 29.8 Å². The van der Waals surface area contributed by atoms with E-state index in [-0.39, 0.29) is 12.6 Å².